The number of benzene rings is 1. The van der Waals surface area contributed by atoms with Crippen LogP contribution in [-0.2, 0) is 11.2 Å². The summed E-state index contributed by atoms with van der Waals surface area (Å²) in [7, 11) is 0. The number of anilines is 1. The zero-order valence-electron chi connectivity index (χ0n) is 11.9. The summed E-state index contributed by atoms with van der Waals surface area (Å²) in [5.41, 5.74) is 7.96. The van der Waals surface area contributed by atoms with Crippen LogP contribution in [0.15, 0.2) is 24.3 Å². The van der Waals surface area contributed by atoms with Gasteiger partial charge in [0.2, 0.25) is 5.91 Å². The molecule has 2 fully saturated rings. The van der Waals surface area contributed by atoms with Crippen LogP contribution in [0.2, 0.25) is 0 Å². The number of nitrogens with two attached hydrogens (primary N) is 1. The highest BCUT2D eigenvalue weighted by atomic mass is 16.2. The van der Waals surface area contributed by atoms with E-state index in [1.54, 1.807) is 0 Å². The van der Waals surface area contributed by atoms with Crippen molar-refractivity contribution in [2.45, 2.75) is 31.7 Å². The fourth-order valence-corrected chi connectivity index (χ4v) is 3.39. The first-order chi connectivity index (χ1) is 9.72. The molecule has 3 rings (SSSR count). The standard InChI is InChI=1S/C16H23N3O/c17-14-5-1-3-13(11-14)4-2-8-18-9-10-19-15(12-18)6-7-16(19)20/h1,3,5,11,15H,2,4,6-10,12,17H2. The smallest absolute Gasteiger partial charge is 0.222 e. The third-order valence-corrected chi connectivity index (χ3v) is 4.47. The number of piperazine rings is 1. The quantitative estimate of drug-likeness (QED) is 0.846. The first-order valence-electron chi connectivity index (χ1n) is 7.58. The van der Waals surface area contributed by atoms with Crippen molar-refractivity contribution in [1.29, 1.82) is 0 Å². The van der Waals surface area contributed by atoms with Gasteiger partial charge in [0, 0.05) is 37.8 Å². The SMILES string of the molecule is Nc1cccc(CCCN2CCN3C(=O)CCC3C2)c1. The van der Waals surface area contributed by atoms with Crippen LogP contribution in [0.4, 0.5) is 5.69 Å². The highest BCUT2D eigenvalue weighted by molar-refractivity contribution is 5.78. The van der Waals surface area contributed by atoms with Crippen LogP contribution in [0.25, 0.3) is 0 Å². The number of carbonyl (C=O) groups is 1. The molecule has 1 aromatic rings. The highest BCUT2D eigenvalue weighted by Crippen LogP contribution is 2.23. The number of amides is 1. The van der Waals surface area contributed by atoms with Gasteiger partial charge in [0.15, 0.2) is 0 Å². The van der Waals surface area contributed by atoms with Gasteiger partial charge in [-0.15, -0.1) is 0 Å². The monoisotopic (exact) mass is 273 g/mol. The van der Waals surface area contributed by atoms with E-state index in [-0.39, 0.29) is 0 Å². The Balaban J connectivity index is 1.44. The summed E-state index contributed by atoms with van der Waals surface area (Å²) in [5, 5.41) is 0. The average Bonchev–Trinajstić information content (AvgIpc) is 2.80. The Morgan fingerprint density at radius 3 is 3.05 bits per heavy atom. The summed E-state index contributed by atoms with van der Waals surface area (Å²) in [6, 6.07) is 8.63. The van der Waals surface area contributed by atoms with Crippen molar-refractivity contribution in [3.8, 4) is 0 Å². The second kappa shape index (κ2) is 5.83. The fraction of sp³-hybridized carbons (Fsp3) is 0.562. The highest BCUT2D eigenvalue weighted by Gasteiger charge is 2.34. The van der Waals surface area contributed by atoms with Crippen LogP contribution < -0.4 is 5.73 Å². The van der Waals surface area contributed by atoms with Crippen molar-refractivity contribution in [3.05, 3.63) is 29.8 Å². The molecule has 0 radical (unpaired) electrons. The van der Waals surface area contributed by atoms with E-state index in [9.17, 15) is 4.79 Å². The molecule has 0 spiro atoms. The van der Waals surface area contributed by atoms with Crippen LogP contribution in [0, 0.1) is 0 Å². The molecule has 1 atom stereocenters. The van der Waals surface area contributed by atoms with Crippen molar-refractivity contribution < 1.29 is 4.79 Å². The van der Waals surface area contributed by atoms with Crippen molar-refractivity contribution in [2.24, 2.45) is 0 Å². The Hall–Kier alpha value is -1.55. The summed E-state index contributed by atoms with van der Waals surface area (Å²) in [6.07, 6.45) is 4.03. The van der Waals surface area contributed by atoms with Crippen molar-refractivity contribution in [3.63, 3.8) is 0 Å². The van der Waals surface area contributed by atoms with Crippen molar-refractivity contribution >= 4 is 11.6 Å². The van der Waals surface area contributed by atoms with E-state index in [2.05, 4.69) is 21.9 Å². The van der Waals surface area contributed by atoms with E-state index in [0.29, 0.717) is 11.9 Å². The third kappa shape index (κ3) is 2.96. The molecule has 0 aromatic heterocycles. The molecular formula is C16H23N3O. The van der Waals surface area contributed by atoms with Crippen LogP contribution >= 0.6 is 0 Å². The second-order valence-corrected chi connectivity index (χ2v) is 5.93. The number of carbonyl (C=O) groups excluding carboxylic acids is 1. The fourth-order valence-electron chi connectivity index (χ4n) is 3.39. The normalized spacial score (nSPS) is 23.1. The Bertz CT molecular complexity index is 488. The maximum atomic E-state index is 11.6. The molecule has 2 aliphatic heterocycles. The molecule has 1 amide bonds. The molecule has 2 N–H and O–H groups in total. The minimum atomic E-state index is 0.356. The predicted octanol–water partition coefficient (Wildman–Crippen LogP) is 1.51. The number of rotatable bonds is 4. The topological polar surface area (TPSA) is 49.6 Å². The Morgan fingerprint density at radius 2 is 2.20 bits per heavy atom. The first kappa shape index (κ1) is 13.4. The summed E-state index contributed by atoms with van der Waals surface area (Å²) in [4.78, 5) is 16.2. The minimum absolute atomic E-state index is 0.356. The van der Waals surface area contributed by atoms with Crippen molar-refractivity contribution in [2.75, 3.05) is 31.9 Å². The van der Waals surface area contributed by atoms with Gasteiger partial charge in [0.05, 0.1) is 0 Å². The van der Waals surface area contributed by atoms with Gasteiger partial charge in [-0.05, 0) is 43.5 Å². The maximum Gasteiger partial charge on any atom is 0.222 e. The lowest BCUT2D eigenvalue weighted by Gasteiger charge is -2.37. The zero-order valence-corrected chi connectivity index (χ0v) is 11.9. The molecule has 1 unspecified atom stereocenters. The predicted molar refractivity (Wildman–Crippen MR) is 80.4 cm³/mol. The number of nitrogens with zero attached hydrogens (tertiary/aromatic N) is 2. The van der Waals surface area contributed by atoms with Gasteiger partial charge in [-0.25, -0.2) is 0 Å². The van der Waals surface area contributed by atoms with Gasteiger partial charge in [-0.1, -0.05) is 12.1 Å². The van der Waals surface area contributed by atoms with E-state index >= 15 is 0 Å². The molecular weight excluding hydrogens is 250 g/mol. The van der Waals surface area contributed by atoms with Crippen LogP contribution in [-0.4, -0.2) is 47.9 Å². The number of fused-ring (bicyclic) bond motifs is 1. The molecule has 2 heterocycles. The van der Waals surface area contributed by atoms with Gasteiger partial charge in [-0.2, -0.15) is 0 Å². The van der Waals surface area contributed by atoms with Gasteiger partial charge in [0.1, 0.15) is 0 Å². The third-order valence-electron chi connectivity index (χ3n) is 4.47. The molecule has 0 bridgehead atoms. The minimum Gasteiger partial charge on any atom is -0.399 e. The van der Waals surface area contributed by atoms with Crippen LogP contribution in [0.3, 0.4) is 0 Å². The van der Waals surface area contributed by atoms with Gasteiger partial charge in [-0.3, -0.25) is 9.69 Å². The number of hydrogen-bond acceptors (Lipinski definition) is 3. The maximum absolute atomic E-state index is 11.6. The molecule has 4 heteroatoms. The number of aryl methyl sites for hydroxylation is 1. The second-order valence-electron chi connectivity index (χ2n) is 5.93. The molecule has 2 aliphatic rings. The molecule has 0 saturated carbocycles. The molecule has 0 aliphatic carbocycles. The Morgan fingerprint density at radius 1 is 1.30 bits per heavy atom. The molecule has 108 valence electrons. The van der Waals surface area contributed by atoms with Gasteiger partial charge in [0.25, 0.3) is 0 Å². The summed E-state index contributed by atoms with van der Waals surface area (Å²) in [6.45, 7) is 4.12. The lowest BCUT2D eigenvalue weighted by atomic mass is 10.1. The number of hydrogen-bond donors (Lipinski definition) is 1. The van der Waals surface area contributed by atoms with E-state index in [4.69, 9.17) is 5.73 Å². The summed E-state index contributed by atoms with van der Waals surface area (Å²) < 4.78 is 0. The van der Waals surface area contributed by atoms with Crippen LogP contribution in [0.1, 0.15) is 24.8 Å². The molecule has 20 heavy (non-hydrogen) atoms. The van der Waals surface area contributed by atoms with Crippen molar-refractivity contribution in [1.82, 2.24) is 9.80 Å². The number of nitrogen functional groups attached to an aromatic ring is 1. The Kier molecular flexibility index (Phi) is 3.92. The summed E-state index contributed by atoms with van der Waals surface area (Å²) >= 11 is 0. The molecule has 2 saturated heterocycles. The van der Waals surface area contributed by atoms with E-state index in [0.717, 1.165) is 57.5 Å². The first-order valence-corrected chi connectivity index (χ1v) is 7.58. The van der Waals surface area contributed by atoms with E-state index < -0.39 is 0 Å². The largest absolute Gasteiger partial charge is 0.399 e. The van der Waals surface area contributed by atoms with Gasteiger partial charge >= 0.3 is 0 Å². The lowest BCUT2D eigenvalue weighted by Crippen LogP contribution is -2.51. The lowest BCUT2D eigenvalue weighted by molar-refractivity contribution is -0.130. The van der Waals surface area contributed by atoms with Gasteiger partial charge < -0.3 is 10.6 Å². The zero-order chi connectivity index (χ0) is 13.9. The molecule has 1 aromatic carbocycles. The average molecular weight is 273 g/mol. The van der Waals surface area contributed by atoms with E-state index in [1.165, 1.54) is 5.56 Å². The van der Waals surface area contributed by atoms with E-state index in [1.807, 2.05) is 12.1 Å². The summed E-state index contributed by atoms with van der Waals surface area (Å²) in [5.74, 6) is 0.356. The molecule has 4 nitrogen and oxygen atoms in total. The van der Waals surface area contributed by atoms with Crippen LogP contribution in [0.5, 0.6) is 0 Å². The Labute approximate surface area is 120 Å².